The molecule has 398 valence electrons. The van der Waals surface area contributed by atoms with E-state index in [1.165, 1.54) is 38.9 Å². The molecule has 0 fully saturated rings. The van der Waals surface area contributed by atoms with Crippen molar-refractivity contribution in [2.24, 2.45) is 0 Å². The minimum atomic E-state index is -0.0537. The molecule has 0 unspecified atom stereocenters. The van der Waals surface area contributed by atoms with Crippen molar-refractivity contribution in [2.75, 3.05) is 9.80 Å². The summed E-state index contributed by atoms with van der Waals surface area (Å²) in [6, 6.07) is 102. The number of para-hydroxylation sites is 6. The third-order valence-electron chi connectivity index (χ3n) is 16.4. The average molecular weight is 1070 g/mol. The van der Waals surface area contributed by atoms with Crippen molar-refractivity contribution in [2.45, 2.75) is 39.5 Å². The van der Waals surface area contributed by atoms with Crippen LogP contribution in [-0.2, 0) is 11.8 Å². The first-order valence-electron chi connectivity index (χ1n) is 28.7. The van der Waals surface area contributed by atoms with Crippen molar-refractivity contribution in [1.29, 1.82) is 0 Å². The zero-order chi connectivity index (χ0) is 56.0. The molecule has 1 aliphatic rings. The van der Waals surface area contributed by atoms with Crippen molar-refractivity contribution < 1.29 is 4.57 Å². The molecule has 11 aromatic carbocycles. The fourth-order valence-electron chi connectivity index (χ4n) is 12.3. The third-order valence-corrected chi connectivity index (χ3v) is 16.4. The molecule has 1 aliphatic heterocycles. The maximum Gasteiger partial charge on any atom is 0.255 e. The zero-order valence-electron chi connectivity index (χ0n) is 47.2. The van der Waals surface area contributed by atoms with Crippen molar-refractivity contribution in [3.63, 3.8) is 0 Å². The summed E-state index contributed by atoms with van der Waals surface area (Å²) in [5.41, 5.74) is 26.0. The topological polar surface area (TPSA) is 28.2 Å². The van der Waals surface area contributed by atoms with Crippen molar-refractivity contribution in [3.8, 4) is 67.0 Å². The fourth-order valence-corrected chi connectivity index (χ4v) is 12.3. The number of rotatable bonds is 9. The van der Waals surface area contributed by atoms with E-state index in [1.54, 1.807) is 0 Å². The second-order valence-corrected chi connectivity index (χ2v) is 22.7. The molecular formula is C78H62N5+. The highest BCUT2D eigenvalue weighted by atomic mass is 15.2. The van der Waals surface area contributed by atoms with Crippen LogP contribution in [-0.4, -0.2) is 9.55 Å². The van der Waals surface area contributed by atoms with Crippen LogP contribution in [0.1, 0.15) is 43.0 Å². The SMILES string of the molecule is Cc1cc(N2c3ccccc3-c3ccccc3N(c3cccc(C(C)(C)C)c3)c3ccccc3-c3ccc(Cc4cccc(-n5c[n+](-c6c(-c7ccccc7)cccc6-c6ccccc6)c6ccccc65)c4)cc32)ncc1-c1ccccc1. The van der Waals surface area contributed by atoms with E-state index in [0.717, 1.165) is 95.6 Å². The summed E-state index contributed by atoms with van der Waals surface area (Å²) < 4.78 is 4.74. The average Bonchev–Trinajstić information content (AvgIpc) is 4.10. The number of hydrogen-bond acceptors (Lipinski definition) is 3. The predicted octanol–water partition coefficient (Wildman–Crippen LogP) is 20.1. The van der Waals surface area contributed by atoms with E-state index in [0.29, 0.717) is 6.42 Å². The van der Waals surface area contributed by atoms with Crippen LogP contribution in [0, 0.1) is 6.92 Å². The minimum absolute atomic E-state index is 0.0537. The van der Waals surface area contributed by atoms with Gasteiger partial charge in [0.1, 0.15) is 17.2 Å². The van der Waals surface area contributed by atoms with E-state index in [1.807, 2.05) is 0 Å². The molecule has 13 aromatic rings. The molecule has 5 nitrogen and oxygen atoms in total. The van der Waals surface area contributed by atoms with Crippen LogP contribution in [0.3, 0.4) is 0 Å². The van der Waals surface area contributed by atoms with E-state index in [-0.39, 0.29) is 5.41 Å². The molecule has 0 aliphatic carbocycles. The van der Waals surface area contributed by atoms with Crippen molar-refractivity contribution in [3.05, 3.63) is 314 Å². The number of hydrogen-bond donors (Lipinski definition) is 0. The van der Waals surface area contributed by atoms with Gasteiger partial charge in [0.05, 0.1) is 22.7 Å². The summed E-state index contributed by atoms with van der Waals surface area (Å²) in [6.07, 6.45) is 5.03. The Labute approximate surface area is 487 Å². The highest BCUT2D eigenvalue weighted by molar-refractivity contribution is 6.03. The number of pyridine rings is 1. The second-order valence-electron chi connectivity index (χ2n) is 22.7. The first-order valence-corrected chi connectivity index (χ1v) is 28.7. The van der Waals surface area contributed by atoms with Crippen LogP contribution in [0.15, 0.2) is 292 Å². The van der Waals surface area contributed by atoms with Gasteiger partial charge in [-0.05, 0) is 124 Å². The van der Waals surface area contributed by atoms with Crippen LogP contribution in [0.2, 0.25) is 0 Å². The standard InChI is InChI=1S/C78H62N5/c1-54-47-76(79-52-69(54)59-30-12-7-13-31-59)83-72-42-19-16-36-66(72)65-35-14-17-40-70(65)82(62-34-23-32-60(51-62)78(2,3)4)71-41-18-15-37-67(71)68-46-45-56(50-75(68)83)48-55-25-22-33-61(49-55)80-53-81(74-44-21-20-43-73(74)80)77-63(57-26-8-5-9-27-57)38-24-39-64(77)58-28-10-6-11-29-58/h5-47,49-53H,48H2,1-4H3/q+1. The lowest BCUT2D eigenvalue weighted by molar-refractivity contribution is -0.566. The molecule has 2 aromatic heterocycles. The largest absolute Gasteiger partial charge is 0.309 e. The number of aromatic nitrogens is 3. The van der Waals surface area contributed by atoms with E-state index < -0.39 is 0 Å². The van der Waals surface area contributed by atoms with E-state index in [9.17, 15) is 0 Å². The summed E-state index contributed by atoms with van der Waals surface area (Å²) in [5.74, 6) is 0.845. The summed E-state index contributed by atoms with van der Waals surface area (Å²) in [4.78, 5) is 10.3. The van der Waals surface area contributed by atoms with Gasteiger partial charge in [0.25, 0.3) is 6.33 Å². The van der Waals surface area contributed by atoms with Crippen LogP contribution in [0.5, 0.6) is 0 Å². The second kappa shape index (κ2) is 21.3. The number of anilines is 6. The molecule has 0 radical (unpaired) electrons. The van der Waals surface area contributed by atoms with Gasteiger partial charge in [0.15, 0.2) is 11.0 Å². The quantitative estimate of drug-likeness (QED) is 0.135. The molecule has 0 amide bonds. The molecule has 14 rings (SSSR count). The molecule has 0 N–H and O–H groups in total. The highest BCUT2D eigenvalue weighted by Gasteiger charge is 2.30. The van der Waals surface area contributed by atoms with Crippen LogP contribution in [0.4, 0.5) is 34.3 Å². The van der Waals surface area contributed by atoms with Gasteiger partial charge >= 0.3 is 0 Å². The minimum Gasteiger partial charge on any atom is -0.309 e. The van der Waals surface area contributed by atoms with Crippen molar-refractivity contribution in [1.82, 2.24) is 9.55 Å². The Kier molecular flexibility index (Phi) is 13.0. The van der Waals surface area contributed by atoms with Gasteiger partial charge in [0, 0.05) is 50.8 Å². The molecule has 83 heavy (non-hydrogen) atoms. The smallest absolute Gasteiger partial charge is 0.255 e. The molecule has 0 atom stereocenters. The first-order chi connectivity index (χ1) is 40.7. The molecule has 0 bridgehead atoms. The fraction of sp³-hybridized carbons (Fsp3) is 0.0769. The highest BCUT2D eigenvalue weighted by Crippen LogP contribution is 2.53. The summed E-state index contributed by atoms with van der Waals surface area (Å²) in [5, 5.41) is 0. The van der Waals surface area contributed by atoms with E-state index in [2.05, 4.69) is 338 Å². The molecule has 3 heterocycles. The van der Waals surface area contributed by atoms with Gasteiger partial charge in [-0.25, -0.2) is 4.98 Å². The molecular weight excluding hydrogens is 1010 g/mol. The Morgan fingerprint density at radius 3 is 1.49 bits per heavy atom. The first kappa shape index (κ1) is 50.8. The summed E-state index contributed by atoms with van der Waals surface area (Å²) in [7, 11) is 0. The number of fused-ring (bicyclic) bond motifs is 7. The van der Waals surface area contributed by atoms with E-state index in [4.69, 9.17) is 4.98 Å². The van der Waals surface area contributed by atoms with E-state index >= 15 is 0 Å². The lowest BCUT2D eigenvalue weighted by Crippen LogP contribution is -2.30. The molecule has 0 saturated carbocycles. The predicted molar refractivity (Wildman–Crippen MR) is 345 cm³/mol. The Morgan fingerprint density at radius 1 is 0.386 bits per heavy atom. The Balaban J connectivity index is 0.950. The number of aryl methyl sites for hydroxylation is 1. The molecule has 5 heteroatoms. The number of nitrogens with zero attached hydrogens (tertiary/aromatic N) is 5. The molecule has 0 saturated heterocycles. The normalized spacial score (nSPS) is 12.1. The summed E-state index contributed by atoms with van der Waals surface area (Å²) >= 11 is 0. The maximum absolute atomic E-state index is 5.43. The summed E-state index contributed by atoms with van der Waals surface area (Å²) in [6.45, 7) is 9.08. The Bertz CT molecular complexity index is 4480. The van der Waals surface area contributed by atoms with Gasteiger partial charge in [-0.15, -0.1) is 0 Å². The van der Waals surface area contributed by atoms with Crippen LogP contribution >= 0.6 is 0 Å². The van der Waals surface area contributed by atoms with Gasteiger partial charge in [-0.3, -0.25) is 4.90 Å². The van der Waals surface area contributed by atoms with Crippen LogP contribution in [0.25, 0.3) is 78.0 Å². The van der Waals surface area contributed by atoms with Gasteiger partial charge in [-0.1, -0.05) is 233 Å². The van der Waals surface area contributed by atoms with Gasteiger partial charge in [-0.2, -0.15) is 9.13 Å². The van der Waals surface area contributed by atoms with Crippen LogP contribution < -0.4 is 14.4 Å². The van der Waals surface area contributed by atoms with Gasteiger partial charge in [0.2, 0.25) is 0 Å². The lowest BCUT2D eigenvalue weighted by atomic mass is 9.86. The Hall–Kier alpha value is -10.4. The number of benzene rings is 11. The number of imidazole rings is 1. The molecule has 0 spiro atoms. The zero-order valence-corrected chi connectivity index (χ0v) is 47.2. The van der Waals surface area contributed by atoms with Crippen molar-refractivity contribution >= 4 is 45.3 Å². The monoisotopic (exact) mass is 1070 g/mol. The van der Waals surface area contributed by atoms with Gasteiger partial charge < -0.3 is 4.90 Å². The third kappa shape index (κ3) is 9.46. The lowest BCUT2D eigenvalue weighted by Gasteiger charge is -2.35. The maximum atomic E-state index is 5.43. The Morgan fingerprint density at radius 2 is 0.880 bits per heavy atom.